The number of pyridine rings is 1. The molecule has 170 valence electrons. The van der Waals surface area contributed by atoms with Crippen molar-refractivity contribution in [3.05, 3.63) is 93.4 Å². The summed E-state index contributed by atoms with van der Waals surface area (Å²) in [5.41, 5.74) is 1.68. The third-order valence-corrected chi connectivity index (χ3v) is 5.89. The number of benzene rings is 2. The second-order valence-electron chi connectivity index (χ2n) is 9.07. The summed E-state index contributed by atoms with van der Waals surface area (Å²) >= 11 is 0. The number of amides is 1. The average Bonchev–Trinajstić information content (AvgIpc) is 2.78. The van der Waals surface area contributed by atoms with E-state index in [1.165, 1.54) is 4.57 Å². The Morgan fingerprint density at radius 3 is 2.45 bits per heavy atom. The van der Waals surface area contributed by atoms with E-state index >= 15 is 0 Å². The molecule has 3 aromatic rings. The monoisotopic (exact) mass is 444 g/mol. The number of carbonyl (C=O) groups is 2. The highest BCUT2D eigenvalue weighted by atomic mass is 16.5. The number of nitrogens with one attached hydrogen (secondary N) is 1. The number of ketones is 1. The smallest absolute Gasteiger partial charge is 0.268 e. The molecule has 1 aliphatic rings. The molecule has 0 spiro atoms. The zero-order valence-corrected chi connectivity index (χ0v) is 19.2. The van der Waals surface area contributed by atoms with Crippen molar-refractivity contribution < 1.29 is 14.3 Å². The number of para-hydroxylation sites is 2. The van der Waals surface area contributed by atoms with Gasteiger partial charge in [0.15, 0.2) is 5.78 Å². The Labute approximate surface area is 193 Å². The zero-order valence-electron chi connectivity index (χ0n) is 19.2. The van der Waals surface area contributed by atoms with Crippen LogP contribution in [0.1, 0.15) is 59.0 Å². The number of hydrogen-bond donors (Lipinski definition) is 1. The quantitative estimate of drug-likeness (QED) is 0.614. The fourth-order valence-electron chi connectivity index (χ4n) is 4.37. The SMILES string of the molecule is CCOc1ccccc1CNC(=O)c1c2c(cn(-c3ccccc3)c1=O)C(=O)CC(C)(C)C2. The van der Waals surface area contributed by atoms with Crippen LogP contribution in [0.15, 0.2) is 65.6 Å². The molecule has 1 N–H and O–H groups in total. The lowest BCUT2D eigenvalue weighted by molar-refractivity contribution is 0.0909. The van der Waals surface area contributed by atoms with E-state index in [1.807, 2.05) is 63.2 Å². The standard InChI is InChI=1S/C27H28N2O4/c1-4-33-23-13-9-8-10-18(23)16-28-25(31)24-20-14-27(2,3)15-22(30)21(20)17-29(26(24)32)19-11-6-5-7-12-19/h5-13,17H,4,14-16H2,1-3H3,(H,28,31). The van der Waals surface area contributed by atoms with Crippen molar-refractivity contribution in [1.82, 2.24) is 9.88 Å². The first-order valence-electron chi connectivity index (χ1n) is 11.2. The summed E-state index contributed by atoms with van der Waals surface area (Å²) in [6, 6.07) is 16.5. The molecule has 1 heterocycles. The van der Waals surface area contributed by atoms with Crippen LogP contribution in [0.25, 0.3) is 5.69 Å². The van der Waals surface area contributed by atoms with Gasteiger partial charge >= 0.3 is 0 Å². The van der Waals surface area contributed by atoms with Crippen LogP contribution in [0.5, 0.6) is 5.75 Å². The average molecular weight is 445 g/mol. The van der Waals surface area contributed by atoms with Crippen LogP contribution in [-0.2, 0) is 13.0 Å². The first kappa shape index (κ1) is 22.5. The fourth-order valence-corrected chi connectivity index (χ4v) is 4.37. The van der Waals surface area contributed by atoms with E-state index in [2.05, 4.69) is 5.32 Å². The van der Waals surface area contributed by atoms with Crippen LogP contribution in [0.2, 0.25) is 0 Å². The van der Waals surface area contributed by atoms with Gasteiger partial charge in [0.05, 0.1) is 6.61 Å². The van der Waals surface area contributed by atoms with Gasteiger partial charge in [-0.2, -0.15) is 0 Å². The predicted molar refractivity (Wildman–Crippen MR) is 127 cm³/mol. The van der Waals surface area contributed by atoms with Gasteiger partial charge in [0.1, 0.15) is 11.3 Å². The molecular weight excluding hydrogens is 416 g/mol. The third kappa shape index (κ3) is 4.60. The van der Waals surface area contributed by atoms with Crippen molar-refractivity contribution in [2.75, 3.05) is 6.61 Å². The van der Waals surface area contributed by atoms with Crippen molar-refractivity contribution in [3.63, 3.8) is 0 Å². The molecule has 0 atom stereocenters. The lowest BCUT2D eigenvalue weighted by atomic mass is 9.73. The molecule has 33 heavy (non-hydrogen) atoms. The Hall–Kier alpha value is -3.67. The van der Waals surface area contributed by atoms with Crippen LogP contribution in [-0.4, -0.2) is 22.9 Å². The Morgan fingerprint density at radius 1 is 1.03 bits per heavy atom. The van der Waals surface area contributed by atoms with Crippen LogP contribution < -0.4 is 15.6 Å². The number of carbonyl (C=O) groups excluding carboxylic acids is 2. The van der Waals surface area contributed by atoms with Gasteiger partial charge in [0, 0.05) is 36.0 Å². The number of hydrogen-bond acceptors (Lipinski definition) is 4. The van der Waals surface area contributed by atoms with Gasteiger partial charge in [-0.25, -0.2) is 0 Å². The lowest BCUT2D eigenvalue weighted by Gasteiger charge is -2.31. The predicted octanol–water partition coefficient (Wildman–Crippen LogP) is 4.32. The maximum absolute atomic E-state index is 13.5. The summed E-state index contributed by atoms with van der Waals surface area (Å²) in [4.78, 5) is 40.0. The highest BCUT2D eigenvalue weighted by molar-refractivity contribution is 6.04. The summed E-state index contributed by atoms with van der Waals surface area (Å²) in [6.07, 6.45) is 2.44. The molecule has 1 amide bonds. The van der Waals surface area contributed by atoms with Crippen LogP contribution in [0.3, 0.4) is 0 Å². The number of ether oxygens (including phenoxy) is 1. The third-order valence-electron chi connectivity index (χ3n) is 5.89. The number of rotatable bonds is 6. The molecule has 0 saturated carbocycles. The van der Waals surface area contributed by atoms with E-state index < -0.39 is 11.5 Å². The van der Waals surface area contributed by atoms with Gasteiger partial charge in [0.2, 0.25) is 0 Å². The van der Waals surface area contributed by atoms with Crippen molar-refractivity contribution in [2.24, 2.45) is 5.41 Å². The number of nitrogens with zero attached hydrogens (tertiary/aromatic N) is 1. The molecule has 1 aromatic heterocycles. The molecule has 0 bridgehead atoms. The van der Waals surface area contributed by atoms with Crippen molar-refractivity contribution in [2.45, 2.75) is 40.2 Å². The summed E-state index contributed by atoms with van der Waals surface area (Å²) in [5, 5.41) is 2.88. The Bertz CT molecular complexity index is 1260. The summed E-state index contributed by atoms with van der Waals surface area (Å²) in [6.45, 7) is 6.58. The maximum atomic E-state index is 13.5. The first-order valence-corrected chi connectivity index (χ1v) is 11.2. The minimum absolute atomic E-state index is 0.0337. The van der Waals surface area contributed by atoms with Crippen LogP contribution in [0, 0.1) is 5.41 Å². The summed E-state index contributed by atoms with van der Waals surface area (Å²) in [7, 11) is 0. The van der Waals surface area contributed by atoms with E-state index in [9.17, 15) is 14.4 Å². The van der Waals surface area contributed by atoms with Gasteiger partial charge in [0.25, 0.3) is 11.5 Å². The van der Waals surface area contributed by atoms with Crippen LogP contribution >= 0.6 is 0 Å². The van der Waals surface area contributed by atoms with E-state index in [4.69, 9.17) is 4.74 Å². The van der Waals surface area contributed by atoms with Gasteiger partial charge in [-0.05, 0) is 42.5 Å². The maximum Gasteiger partial charge on any atom is 0.268 e. The second-order valence-corrected chi connectivity index (χ2v) is 9.07. The Kier molecular flexibility index (Phi) is 6.18. The largest absolute Gasteiger partial charge is 0.494 e. The van der Waals surface area contributed by atoms with Gasteiger partial charge in [-0.1, -0.05) is 50.2 Å². The molecular formula is C27H28N2O4. The van der Waals surface area contributed by atoms with Crippen molar-refractivity contribution >= 4 is 11.7 Å². The first-order chi connectivity index (χ1) is 15.8. The Morgan fingerprint density at radius 2 is 1.73 bits per heavy atom. The van der Waals surface area contributed by atoms with Crippen molar-refractivity contribution in [3.8, 4) is 11.4 Å². The van der Waals surface area contributed by atoms with Crippen molar-refractivity contribution in [1.29, 1.82) is 0 Å². The number of aromatic nitrogens is 1. The lowest BCUT2D eigenvalue weighted by Crippen LogP contribution is -2.38. The van der Waals surface area contributed by atoms with E-state index in [0.717, 1.165) is 5.56 Å². The molecule has 6 nitrogen and oxygen atoms in total. The molecule has 0 aliphatic heterocycles. The van der Waals surface area contributed by atoms with E-state index in [1.54, 1.807) is 18.3 Å². The summed E-state index contributed by atoms with van der Waals surface area (Å²) in [5.74, 6) is 0.147. The molecule has 1 aliphatic carbocycles. The minimum atomic E-state index is -0.488. The molecule has 0 fully saturated rings. The number of fused-ring (bicyclic) bond motifs is 1. The molecule has 4 rings (SSSR count). The van der Waals surface area contributed by atoms with Gasteiger partial charge in [-0.3, -0.25) is 19.0 Å². The molecule has 6 heteroatoms. The highest BCUT2D eigenvalue weighted by Gasteiger charge is 2.35. The second kappa shape index (κ2) is 9.06. The van der Waals surface area contributed by atoms with Gasteiger partial charge < -0.3 is 10.1 Å². The fraction of sp³-hybridized carbons (Fsp3) is 0.296. The highest BCUT2D eigenvalue weighted by Crippen LogP contribution is 2.35. The minimum Gasteiger partial charge on any atom is -0.494 e. The molecule has 0 radical (unpaired) electrons. The topological polar surface area (TPSA) is 77.4 Å². The van der Waals surface area contributed by atoms with Gasteiger partial charge in [-0.15, -0.1) is 0 Å². The van der Waals surface area contributed by atoms with E-state index in [-0.39, 0.29) is 23.3 Å². The van der Waals surface area contributed by atoms with Crippen LogP contribution in [0.4, 0.5) is 0 Å². The molecule has 2 aromatic carbocycles. The Balaban J connectivity index is 1.78. The summed E-state index contributed by atoms with van der Waals surface area (Å²) < 4.78 is 7.05. The number of Topliss-reactive ketones (excluding diaryl/α,β-unsaturated/α-hetero) is 1. The normalized spacial score (nSPS) is 14.5. The molecule has 0 saturated heterocycles. The van der Waals surface area contributed by atoms with E-state index in [0.29, 0.717) is 42.0 Å². The molecule has 0 unspecified atom stereocenters. The zero-order chi connectivity index (χ0) is 23.6.